The minimum atomic E-state index is -5.14. The maximum absolute atomic E-state index is 14.5. The third-order valence-corrected chi connectivity index (χ3v) is 6.55. The molecule has 0 radical (unpaired) electrons. The van der Waals surface area contributed by atoms with E-state index in [-0.39, 0.29) is 23.5 Å². The summed E-state index contributed by atoms with van der Waals surface area (Å²) in [7, 11) is 0. The Morgan fingerprint density at radius 3 is 2.55 bits per heavy atom. The summed E-state index contributed by atoms with van der Waals surface area (Å²) < 4.78 is 70.2. The fourth-order valence-electron chi connectivity index (χ4n) is 4.59. The van der Waals surface area contributed by atoms with Gasteiger partial charge in [0.1, 0.15) is 11.4 Å². The summed E-state index contributed by atoms with van der Waals surface area (Å²) in [6.07, 6.45) is -5.23. The zero-order chi connectivity index (χ0) is 30.3. The number of benzene rings is 2. The van der Waals surface area contributed by atoms with Crippen molar-refractivity contribution in [1.82, 2.24) is 25.2 Å². The van der Waals surface area contributed by atoms with E-state index in [1.54, 1.807) is 18.2 Å². The van der Waals surface area contributed by atoms with Gasteiger partial charge in [-0.1, -0.05) is 18.2 Å². The molecule has 0 aliphatic heterocycles. The molecule has 5 rings (SSSR count). The van der Waals surface area contributed by atoms with Crippen molar-refractivity contribution in [3.63, 3.8) is 0 Å². The summed E-state index contributed by atoms with van der Waals surface area (Å²) in [5, 5.41) is 19.4. The van der Waals surface area contributed by atoms with Crippen molar-refractivity contribution >= 4 is 23.2 Å². The summed E-state index contributed by atoms with van der Waals surface area (Å²) in [5.41, 5.74) is 0.515. The number of nitrogens with one attached hydrogen (secondary N) is 2. The quantitative estimate of drug-likeness (QED) is 0.222. The van der Waals surface area contributed by atoms with Crippen molar-refractivity contribution in [2.75, 3.05) is 0 Å². The molecule has 1 aliphatic rings. The molecular weight excluding hydrogens is 569 g/mol. The molecule has 0 bridgehead atoms. The number of hydrogen-bond donors (Lipinski definition) is 3. The van der Waals surface area contributed by atoms with Crippen LogP contribution >= 0.6 is 0 Å². The van der Waals surface area contributed by atoms with Gasteiger partial charge in [-0.25, -0.2) is 18.3 Å². The van der Waals surface area contributed by atoms with E-state index in [4.69, 9.17) is 0 Å². The summed E-state index contributed by atoms with van der Waals surface area (Å²) >= 11 is 0. The smallest absolute Gasteiger partial charge is 0.403 e. The van der Waals surface area contributed by atoms with Gasteiger partial charge in [-0.05, 0) is 41.8 Å². The molecule has 0 saturated heterocycles. The molecule has 10 nitrogen and oxygen atoms in total. The fraction of sp³-hybridized carbons (Fsp3) is 0.222. The summed E-state index contributed by atoms with van der Waals surface area (Å²) in [5.74, 6) is -5.25. The minimum absolute atomic E-state index is 0.0420. The number of fused-ring (bicyclic) bond motifs is 2. The second kappa shape index (κ2) is 10.8. The van der Waals surface area contributed by atoms with Gasteiger partial charge in [0.2, 0.25) is 0 Å². The Balaban J connectivity index is 1.38. The van der Waals surface area contributed by atoms with Crippen molar-refractivity contribution in [2.24, 2.45) is 0 Å². The molecule has 42 heavy (non-hydrogen) atoms. The molecule has 0 unspecified atom stereocenters. The van der Waals surface area contributed by atoms with Gasteiger partial charge in [-0.2, -0.15) is 5.10 Å². The monoisotopic (exact) mass is 589 g/mol. The molecule has 3 N–H and O–H groups in total. The Kier molecular flexibility index (Phi) is 7.36. The van der Waals surface area contributed by atoms with E-state index in [0.29, 0.717) is 16.7 Å². The SMILES string of the molecule is CC(=O)c1ccc2c(c1)C[C@H](O)[C@@H]2NC(=O)c1cc(C(=O)NCc2ccc(F)c(OC(F)(F)F)c2)nc2c(F)cnn12. The Labute approximate surface area is 233 Å². The maximum atomic E-state index is 14.5. The zero-order valence-electron chi connectivity index (χ0n) is 21.5. The number of carbonyl (C=O) groups is 3. The average Bonchev–Trinajstić information content (AvgIpc) is 3.45. The first-order chi connectivity index (χ1) is 19.8. The van der Waals surface area contributed by atoms with Gasteiger partial charge in [0.05, 0.1) is 18.3 Å². The molecule has 15 heteroatoms. The molecule has 2 heterocycles. The minimum Gasteiger partial charge on any atom is -0.403 e. The van der Waals surface area contributed by atoms with E-state index in [1.165, 1.54) is 6.92 Å². The van der Waals surface area contributed by atoms with Crippen LogP contribution in [0.3, 0.4) is 0 Å². The lowest BCUT2D eigenvalue weighted by molar-refractivity contribution is -0.275. The van der Waals surface area contributed by atoms with Crippen LogP contribution in [0.4, 0.5) is 22.0 Å². The van der Waals surface area contributed by atoms with E-state index in [9.17, 15) is 41.4 Å². The molecule has 2 aromatic heterocycles. The Morgan fingerprint density at radius 1 is 1.07 bits per heavy atom. The molecule has 2 aromatic carbocycles. The molecule has 0 spiro atoms. The predicted octanol–water partition coefficient (Wildman–Crippen LogP) is 3.43. The lowest BCUT2D eigenvalue weighted by atomic mass is 10.0. The van der Waals surface area contributed by atoms with Gasteiger partial charge < -0.3 is 20.5 Å². The van der Waals surface area contributed by atoms with Crippen molar-refractivity contribution in [1.29, 1.82) is 0 Å². The number of ketones is 1. The van der Waals surface area contributed by atoms with Crippen LogP contribution in [0, 0.1) is 11.6 Å². The van der Waals surface area contributed by atoms with Gasteiger partial charge >= 0.3 is 6.36 Å². The molecular formula is C27H20F5N5O5. The molecule has 1 aliphatic carbocycles. The number of aliphatic hydroxyl groups is 1. The number of hydrogen-bond acceptors (Lipinski definition) is 7. The third-order valence-electron chi connectivity index (χ3n) is 6.55. The van der Waals surface area contributed by atoms with E-state index in [0.717, 1.165) is 35.0 Å². The van der Waals surface area contributed by atoms with E-state index in [1.807, 2.05) is 0 Å². The summed E-state index contributed by atoms with van der Waals surface area (Å²) in [4.78, 5) is 41.8. The van der Waals surface area contributed by atoms with E-state index in [2.05, 4.69) is 25.5 Å². The van der Waals surface area contributed by atoms with Gasteiger partial charge in [0, 0.05) is 24.6 Å². The highest BCUT2D eigenvalue weighted by Crippen LogP contribution is 2.33. The van der Waals surface area contributed by atoms with Gasteiger partial charge in [-0.3, -0.25) is 14.4 Å². The van der Waals surface area contributed by atoms with Crippen molar-refractivity contribution < 1.29 is 46.2 Å². The topological polar surface area (TPSA) is 135 Å². The van der Waals surface area contributed by atoms with Crippen LogP contribution in [0.2, 0.25) is 0 Å². The Hall–Kier alpha value is -4.92. The number of ether oxygens (including phenoxy) is 1. The second-order valence-electron chi connectivity index (χ2n) is 9.44. The van der Waals surface area contributed by atoms with Crippen molar-refractivity contribution in [2.45, 2.75) is 38.4 Å². The van der Waals surface area contributed by atoms with E-state index >= 15 is 0 Å². The Morgan fingerprint density at radius 2 is 1.83 bits per heavy atom. The second-order valence-corrected chi connectivity index (χ2v) is 9.44. The highest BCUT2D eigenvalue weighted by molar-refractivity contribution is 5.98. The first kappa shape index (κ1) is 28.6. The van der Waals surface area contributed by atoms with Crippen LogP contribution in [0.1, 0.15) is 61.0 Å². The first-order valence-electron chi connectivity index (χ1n) is 12.3. The number of nitrogens with zero attached hydrogens (tertiary/aromatic N) is 3. The van der Waals surface area contributed by atoms with Gasteiger partial charge in [0.15, 0.2) is 28.8 Å². The zero-order valence-corrected chi connectivity index (χ0v) is 21.5. The molecule has 0 fully saturated rings. The fourth-order valence-corrected chi connectivity index (χ4v) is 4.59. The molecule has 2 atom stereocenters. The number of carbonyl (C=O) groups excluding carboxylic acids is 3. The van der Waals surface area contributed by atoms with Crippen molar-refractivity contribution in [3.05, 3.63) is 93.9 Å². The number of Topliss-reactive ketones (excluding diaryl/α,β-unsaturated/α-hetero) is 1. The van der Waals surface area contributed by atoms with Crippen LogP contribution in [0.25, 0.3) is 5.65 Å². The number of alkyl halides is 3. The van der Waals surface area contributed by atoms with Crippen LogP contribution in [-0.2, 0) is 13.0 Å². The van der Waals surface area contributed by atoms with Crippen LogP contribution in [0.15, 0.2) is 48.7 Å². The number of aliphatic hydroxyl groups excluding tert-OH is 1. The lowest BCUT2D eigenvalue weighted by Gasteiger charge is -2.18. The van der Waals surface area contributed by atoms with Crippen molar-refractivity contribution in [3.8, 4) is 5.75 Å². The lowest BCUT2D eigenvalue weighted by Crippen LogP contribution is -2.35. The van der Waals surface area contributed by atoms with Gasteiger partial charge in [0.25, 0.3) is 11.8 Å². The van der Waals surface area contributed by atoms with E-state index < -0.39 is 65.6 Å². The summed E-state index contributed by atoms with van der Waals surface area (Å²) in [6.45, 7) is 1.01. The summed E-state index contributed by atoms with van der Waals surface area (Å²) in [6, 6.07) is 7.54. The first-order valence-corrected chi connectivity index (χ1v) is 12.3. The molecule has 2 amide bonds. The highest BCUT2D eigenvalue weighted by atomic mass is 19.4. The number of amides is 2. The predicted molar refractivity (Wildman–Crippen MR) is 134 cm³/mol. The van der Waals surface area contributed by atoms with Crippen LogP contribution in [-0.4, -0.2) is 49.8 Å². The number of aromatic nitrogens is 3. The molecule has 0 saturated carbocycles. The number of halogens is 5. The molecule has 218 valence electrons. The normalized spacial score (nSPS) is 16.3. The standard InChI is InChI=1S/C27H20F5N5O5/c1-12(38)14-3-4-16-15(7-14)8-21(39)23(16)36-26(41)20-9-19(35-24-18(29)11-34-37(20)24)25(40)33-10-13-2-5-17(28)22(6-13)42-27(30,31)32/h2-7,9,11,21,23,39H,8,10H2,1H3,(H,33,40)(H,36,41)/t21-,23+/m0/s1. The Bertz CT molecular complexity index is 1740. The third kappa shape index (κ3) is 5.76. The maximum Gasteiger partial charge on any atom is 0.573 e. The molecule has 4 aromatic rings. The van der Waals surface area contributed by atoms with Crippen LogP contribution < -0.4 is 15.4 Å². The number of rotatable bonds is 7. The average molecular weight is 589 g/mol. The highest BCUT2D eigenvalue weighted by Gasteiger charge is 2.34. The van der Waals surface area contributed by atoms with Gasteiger partial charge in [-0.15, -0.1) is 13.2 Å². The van der Waals surface area contributed by atoms with Crippen LogP contribution in [0.5, 0.6) is 5.75 Å². The largest absolute Gasteiger partial charge is 0.573 e.